The predicted molar refractivity (Wildman–Crippen MR) is 108 cm³/mol. The summed E-state index contributed by atoms with van der Waals surface area (Å²) in [6, 6.07) is 8.77. The number of fused-ring (bicyclic) bond motifs is 3. The molecule has 0 aromatic heterocycles. The van der Waals surface area contributed by atoms with Crippen LogP contribution in [0, 0.1) is 11.8 Å². The summed E-state index contributed by atoms with van der Waals surface area (Å²) < 4.78 is 0. The first kappa shape index (κ1) is 18.5. The summed E-state index contributed by atoms with van der Waals surface area (Å²) in [4.78, 5) is 0. The van der Waals surface area contributed by atoms with Crippen molar-refractivity contribution in [3.8, 4) is 0 Å². The molecule has 1 saturated carbocycles. The zero-order valence-electron chi connectivity index (χ0n) is 16.0. The molecule has 0 radical (unpaired) electrons. The lowest BCUT2D eigenvalue weighted by molar-refractivity contribution is 0.807. The molecule has 0 nitrogen and oxygen atoms in total. The van der Waals surface area contributed by atoms with Gasteiger partial charge in [0.25, 0.3) is 0 Å². The van der Waals surface area contributed by atoms with Crippen LogP contribution >= 0.6 is 0 Å². The minimum absolute atomic E-state index is 0.365. The first-order chi connectivity index (χ1) is 11.8. The molecule has 0 saturated heterocycles. The molecule has 4 rings (SSSR count). The quantitative estimate of drug-likeness (QED) is 0.475. The van der Waals surface area contributed by atoms with Crippen molar-refractivity contribution in [2.75, 3.05) is 0 Å². The molecule has 1 aromatic carbocycles. The Kier molecular flexibility index (Phi) is 6.43. The highest BCUT2D eigenvalue weighted by molar-refractivity contribution is 5.62. The van der Waals surface area contributed by atoms with Crippen LogP contribution in [0.15, 0.2) is 65.8 Å². The van der Waals surface area contributed by atoms with Gasteiger partial charge in [-0.15, -0.1) is 0 Å². The van der Waals surface area contributed by atoms with E-state index in [9.17, 15) is 0 Å². The SMILES string of the molecule is C=C(C)C1C2=C(C/C=C/c3ccccc31)C1CC1C=C2.CC.CC. The molecule has 0 heteroatoms. The van der Waals surface area contributed by atoms with E-state index in [1.54, 1.807) is 5.57 Å². The molecular weight excluding hydrogens is 288 g/mol. The molecule has 3 atom stereocenters. The van der Waals surface area contributed by atoms with Crippen LogP contribution in [-0.2, 0) is 0 Å². The molecule has 3 aliphatic rings. The van der Waals surface area contributed by atoms with Crippen molar-refractivity contribution < 1.29 is 0 Å². The fraction of sp³-hybridized carbons (Fsp3) is 0.417. The second kappa shape index (κ2) is 8.33. The van der Waals surface area contributed by atoms with Crippen molar-refractivity contribution in [3.63, 3.8) is 0 Å². The van der Waals surface area contributed by atoms with Gasteiger partial charge in [0, 0.05) is 5.92 Å². The lowest BCUT2D eigenvalue weighted by Crippen LogP contribution is -2.11. The van der Waals surface area contributed by atoms with Gasteiger partial charge in [-0.1, -0.05) is 94.0 Å². The molecule has 24 heavy (non-hydrogen) atoms. The third kappa shape index (κ3) is 3.48. The van der Waals surface area contributed by atoms with E-state index in [0.717, 1.165) is 18.3 Å². The number of rotatable bonds is 1. The number of hydrogen-bond donors (Lipinski definition) is 0. The maximum Gasteiger partial charge on any atom is 0.0299 e. The van der Waals surface area contributed by atoms with Gasteiger partial charge in [-0.25, -0.2) is 0 Å². The molecule has 1 aromatic rings. The highest BCUT2D eigenvalue weighted by Gasteiger charge is 2.42. The van der Waals surface area contributed by atoms with Crippen molar-refractivity contribution in [2.24, 2.45) is 11.8 Å². The third-order valence-electron chi connectivity index (χ3n) is 4.93. The van der Waals surface area contributed by atoms with Gasteiger partial charge in [0.15, 0.2) is 0 Å². The van der Waals surface area contributed by atoms with Crippen LogP contribution in [0.3, 0.4) is 0 Å². The standard InChI is InChI=1S/C20H20.2C2H6/c1-13(2)20-16-8-4-3-6-14(16)7-5-9-17-18(20)11-10-15-12-19(15)17;2*1-2/h3-8,10-11,15,19-20H,1,9,12H2,2H3;2*1-2H3/b7-5+;;. The Morgan fingerprint density at radius 3 is 2.46 bits per heavy atom. The van der Waals surface area contributed by atoms with E-state index in [2.05, 4.69) is 62.1 Å². The van der Waals surface area contributed by atoms with Crippen molar-refractivity contribution in [3.05, 3.63) is 76.9 Å². The van der Waals surface area contributed by atoms with Gasteiger partial charge < -0.3 is 0 Å². The van der Waals surface area contributed by atoms with E-state index in [1.807, 2.05) is 27.7 Å². The number of allylic oxidation sites excluding steroid dienone is 6. The Bertz CT molecular complexity index is 669. The Morgan fingerprint density at radius 2 is 1.75 bits per heavy atom. The van der Waals surface area contributed by atoms with Crippen molar-refractivity contribution in [2.45, 2.75) is 53.4 Å². The third-order valence-corrected chi connectivity index (χ3v) is 4.93. The van der Waals surface area contributed by atoms with E-state index < -0.39 is 0 Å². The molecule has 0 spiro atoms. The van der Waals surface area contributed by atoms with Gasteiger partial charge in [0.1, 0.15) is 0 Å². The lowest BCUT2D eigenvalue weighted by atomic mass is 9.77. The molecule has 128 valence electrons. The topological polar surface area (TPSA) is 0 Å². The van der Waals surface area contributed by atoms with Gasteiger partial charge in [0.2, 0.25) is 0 Å². The van der Waals surface area contributed by atoms with Crippen molar-refractivity contribution in [1.82, 2.24) is 0 Å². The maximum absolute atomic E-state index is 4.29. The fourth-order valence-corrected chi connectivity index (χ4v) is 3.86. The molecule has 3 unspecified atom stereocenters. The van der Waals surface area contributed by atoms with E-state index in [0.29, 0.717) is 5.92 Å². The minimum atomic E-state index is 0.365. The molecular formula is C24H32. The summed E-state index contributed by atoms with van der Waals surface area (Å²) in [5.74, 6) is 2.00. The van der Waals surface area contributed by atoms with Gasteiger partial charge in [-0.2, -0.15) is 0 Å². The molecule has 0 aliphatic heterocycles. The van der Waals surface area contributed by atoms with Crippen molar-refractivity contribution in [1.29, 1.82) is 0 Å². The van der Waals surface area contributed by atoms with E-state index >= 15 is 0 Å². The second-order valence-corrected chi connectivity index (χ2v) is 6.36. The van der Waals surface area contributed by atoms with Crippen LogP contribution in [0.2, 0.25) is 0 Å². The fourth-order valence-electron chi connectivity index (χ4n) is 3.86. The average molecular weight is 321 g/mol. The zero-order valence-corrected chi connectivity index (χ0v) is 16.0. The molecule has 0 amide bonds. The van der Waals surface area contributed by atoms with E-state index in [1.165, 1.54) is 28.7 Å². The first-order valence-electron chi connectivity index (χ1n) is 9.57. The Balaban J connectivity index is 0.000000487. The largest absolute Gasteiger partial charge is 0.0992 e. The highest BCUT2D eigenvalue weighted by Crippen LogP contribution is 2.54. The molecule has 0 bridgehead atoms. The van der Waals surface area contributed by atoms with Crippen molar-refractivity contribution >= 4 is 6.08 Å². The average Bonchev–Trinajstić information content (AvgIpc) is 3.38. The van der Waals surface area contributed by atoms with E-state index in [-0.39, 0.29) is 0 Å². The Morgan fingerprint density at radius 1 is 1.04 bits per heavy atom. The molecule has 0 heterocycles. The van der Waals surface area contributed by atoms with Crippen LogP contribution < -0.4 is 0 Å². The summed E-state index contributed by atoms with van der Waals surface area (Å²) in [6.07, 6.45) is 11.9. The number of hydrogen-bond acceptors (Lipinski definition) is 0. The summed E-state index contributed by atoms with van der Waals surface area (Å²) in [5, 5.41) is 0. The van der Waals surface area contributed by atoms with Crippen LogP contribution in [-0.4, -0.2) is 0 Å². The molecule has 0 N–H and O–H groups in total. The molecule has 1 fully saturated rings. The smallest absolute Gasteiger partial charge is 0.0299 e. The summed E-state index contributed by atoms with van der Waals surface area (Å²) in [5.41, 5.74) is 7.19. The van der Waals surface area contributed by atoms with Gasteiger partial charge in [0.05, 0.1) is 0 Å². The first-order valence-corrected chi connectivity index (χ1v) is 9.57. The summed E-state index contributed by atoms with van der Waals surface area (Å²) in [6.45, 7) is 14.5. The summed E-state index contributed by atoms with van der Waals surface area (Å²) >= 11 is 0. The Labute approximate surface area is 148 Å². The van der Waals surface area contributed by atoms with Gasteiger partial charge in [-0.05, 0) is 48.3 Å². The van der Waals surface area contributed by atoms with Crippen LogP contribution in [0.5, 0.6) is 0 Å². The molecule has 3 aliphatic carbocycles. The maximum atomic E-state index is 4.29. The monoisotopic (exact) mass is 320 g/mol. The second-order valence-electron chi connectivity index (χ2n) is 6.36. The van der Waals surface area contributed by atoms with Gasteiger partial charge >= 0.3 is 0 Å². The minimum Gasteiger partial charge on any atom is -0.0992 e. The zero-order chi connectivity index (χ0) is 17.7. The highest BCUT2D eigenvalue weighted by atomic mass is 14.5. The predicted octanol–water partition coefficient (Wildman–Crippen LogP) is 7.32. The van der Waals surface area contributed by atoms with Gasteiger partial charge in [-0.3, -0.25) is 0 Å². The van der Waals surface area contributed by atoms with E-state index in [4.69, 9.17) is 0 Å². The number of benzene rings is 1. The van der Waals surface area contributed by atoms with Crippen LogP contribution in [0.1, 0.15) is 64.5 Å². The Hall–Kier alpha value is -1.82. The summed E-state index contributed by atoms with van der Waals surface area (Å²) in [7, 11) is 0. The lowest BCUT2D eigenvalue weighted by Gasteiger charge is -2.27. The van der Waals surface area contributed by atoms with Crippen LogP contribution in [0.4, 0.5) is 0 Å². The normalized spacial score (nSPS) is 26.8. The van der Waals surface area contributed by atoms with Crippen LogP contribution in [0.25, 0.3) is 6.08 Å².